The van der Waals surface area contributed by atoms with Crippen molar-refractivity contribution in [3.63, 3.8) is 0 Å². The van der Waals surface area contributed by atoms with E-state index in [0.717, 1.165) is 6.42 Å². The zero-order valence-corrected chi connectivity index (χ0v) is 11.9. The fourth-order valence-electron chi connectivity index (χ4n) is 2.03. The molecule has 0 saturated carbocycles. The number of aromatic hydroxyl groups is 1. The van der Waals surface area contributed by atoms with Crippen LogP contribution in [0, 0.1) is 0 Å². The van der Waals surface area contributed by atoms with Gasteiger partial charge in [0.2, 0.25) is 0 Å². The van der Waals surface area contributed by atoms with Gasteiger partial charge in [-0.3, -0.25) is 0 Å². The largest absolute Gasteiger partial charge is 0.508 e. The van der Waals surface area contributed by atoms with E-state index in [1.807, 2.05) is 18.9 Å². The molecule has 0 aromatic heterocycles. The molecule has 2 N–H and O–H groups in total. The van der Waals surface area contributed by atoms with E-state index in [1.54, 1.807) is 6.07 Å². The maximum absolute atomic E-state index is 9.44. The average molecular weight is 266 g/mol. The van der Waals surface area contributed by atoms with Crippen LogP contribution in [0.2, 0.25) is 0 Å². The maximum Gasteiger partial charge on any atom is 0.121 e. The second-order valence-corrected chi connectivity index (χ2v) is 4.64. The zero-order valence-electron chi connectivity index (χ0n) is 11.9. The van der Waals surface area contributed by atoms with Gasteiger partial charge in [0.25, 0.3) is 0 Å². The second kappa shape index (κ2) is 11.7. The van der Waals surface area contributed by atoms with Crippen molar-refractivity contribution in [2.24, 2.45) is 0 Å². The Morgan fingerprint density at radius 3 is 2.32 bits per heavy atom. The Hall–Kier alpha value is -1.35. The lowest BCUT2D eigenvalue weighted by molar-refractivity contribution is -0.0979. The summed E-state index contributed by atoms with van der Waals surface area (Å²) >= 11 is 0. The van der Waals surface area contributed by atoms with E-state index in [4.69, 9.17) is 9.90 Å². The molecule has 1 aromatic rings. The quantitative estimate of drug-likeness (QED) is 0.707. The number of benzene rings is 1. The van der Waals surface area contributed by atoms with E-state index < -0.39 is 0 Å². The molecule has 1 rings (SSSR count). The van der Waals surface area contributed by atoms with Crippen molar-refractivity contribution >= 4 is 6.79 Å². The first-order chi connectivity index (χ1) is 9.27. The molecule has 3 heteroatoms. The highest BCUT2D eigenvalue weighted by atomic mass is 16.3. The van der Waals surface area contributed by atoms with Crippen LogP contribution in [0.4, 0.5) is 0 Å². The molecule has 0 amide bonds. The molecule has 0 atom stereocenters. The van der Waals surface area contributed by atoms with Crippen molar-refractivity contribution in [2.75, 3.05) is 0 Å². The number of carbonyl (C=O) groups excluding carboxylic acids is 1. The Labute approximate surface area is 116 Å². The highest BCUT2D eigenvalue weighted by Crippen LogP contribution is 2.19. The van der Waals surface area contributed by atoms with Crippen LogP contribution < -0.4 is 0 Å². The minimum atomic E-state index is -0.0871. The van der Waals surface area contributed by atoms with Gasteiger partial charge in [0, 0.05) is 5.56 Å². The average Bonchev–Trinajstić information content (AvgIpc) is 2.46. The lowest BCUT2D eigenvalue weighted by atomic mass is 10.0. The van der Waals surface area contributed by atoms with E-state index in [2.05, 4.69) is 6.92 Å². The molecule has 0 heterocycles. The summed E-state index contributed by atoms with van der Waals surface area (Å²) in [5.41, 5.74) is 1.84. The van der Waals surface area contributed by atoms with Crippen molar-refractivity contribution < 1.29 is 15.0 Å². The first-order valence-corrected chi connectivity index (χ1v) is 6.98. The molecule has 0 aliphatic rings. The van der Waals surface area contributed by atoms with Gasteiger partial charge in [-0.1, -0.05) is 45.1 Å². The molecule has 0 spiro atoms. The summed E-state index contributed by atoms with van der Waals surface area (Å²) < 4.78 is 0. The minimum absolute atomic E-state index is 0.0871. The van der Waals surface area contributed by atoms with Gasteiger partial charge in [-0.25, -0.2) is 0 Å². The summed E-state index contributed by atoms with van der Waals surface area (Å²) in [5.74, 6) is 0.194. The van der Waals surface area contributed by atoms with Crippen LogP contribution in [0.5, 0.6) is 5.75 Å². The highest BCUT2D eigenvalue weighted by molar-refractivity contribution is 5.35. The third-order valence-corrected chi connectivity index (χ3v) is 3.13. The Morgan fingerprint density at radius 2 is 1.68 bits per heavy atom. The smallest absolute Gasteiger partial charge is 0.121 e. The van der Waals surface area contributed by atoms with Gasteiger partial charge in [-0.05, 0) is 30.5 Å². The normalized spacial score (nSPS) is 9.79. The summed E-state index contributed by atoms with van der Waals surface area (Å²) in [6.45, 7) is 4.14. The van der Waals surface area contributed by atoms with E-state index in [-0.39, 0.29) is 12.4 Å². The Kier molecular flexibility index (Phi) is 10.9. The number of hydrogen-bond acceptors (Lipinski definition) is 3. The Morgan fingerprint density at radius 1 is 1.05 bits per heavy atom. The number of aliphatic hydroxyl groups excluding tert-OH is 1. The lowest BCUT2D eigenvalue weighted by Crippen LogP contribution is -1.90. The predicted molar refractivity (Wildman–Crippen MR) is 78.2 cm³/mol. The molecule has 0 bridgehead atoms. The van der Waals surface area contributed by atoms with Gasteiger partial charge in [0.15, 0.2) is 0 Å². The Bertz CT molecular complexity index is 337. The third-order valence-electron chi connectivity index (χ3n) is 3.13. The molecule has 0 radical (unpaired) electrons. The molecule has 108 valence electrons. The molecule has 1 aromatic carbocycles. The minimum Gasteiger partial charge on any atom is -0.508 e. The number of aliphatic hydroxyl groups is 1. The molecular weight excluding hydrogens is 240 g/mol. The first kappa shape index (κ1) is 17.6. The molecule has 3 nitrogen and oxygen atoms in total. The van der Waals surface area contributed by atoms with Crippen LogP contribution in [0.15, 0.2) is 18.2 Å². The second-order valence-electron chi connectivity index (χ2n) is 4.64. The summed E-state index contributed by atoms with van der Waals surface area (Å²) in [4.78, 5) is 8.00. The first-order valence-electron chi connectivity index (χ1n) is 6.98. The summed E-state index contributed by atoms with van der Waals surface area (Å²) in [7, 11) is 0. The number of phenols is 1. The SMILES string of the molecule is C=O.CCCCCCCCc1ccc(O)c(CO)c1. The number of aryl methyl sites for hydroxylation is 1. The lowest BCUT2D eigenvalue weighted by Gasteiger charge is -2.06. The molecule has 0 aliphatic carbocycles. The van der Waals surface area contributed by atoms with Crippen molar-refractivity contribution in [3.8, 4) is 5.75 Å². The van der Waals surface area contributed by atoms with Gasteiger partial charge in [-0.2, -0.15) is 0 Å². The molecular formula is C16H26O3. The fraction of sp³-hybridized carbons (Fsp3) is 0.562. The maximum atomic E-state index is 9.44. The van der Waals surface area contributed by atoms with Crippen LogP contribution in [0.1, 0.15) is 56.6 Å². The monoisotopic (exact) mass is 266 g/mol. The van der Waals surface area contributed by atoms with Crippen LogP contribution in [-0.2, 0) is 17.8 Å². The number of unbranched alkanes of at least 4 members (excludes halogenated alkanes) is 5. The molecule has 0 saturated heterocycles. The van der Waals surface area contributed by atoms with Gasteiger partial charge in [0.05, 0.1) is 6.61 Å². The van der Waals surface area contributed by atoms with Crippen molar-refractivity contribution in [3.05, 3.63) is 29.3 Å². The summed E-state index contributed by atoms with van der Waals surface area (Å²) in [6, 6.07) is 5.53. The van der Waals surface area contributed by atoms with Gasteiger partial charge < -0.3 is 15.0 Å². The topological polar surface area (TPSA) is 57.5 Å². The van der Waals surface area contributed by atoms with Gasteiger partial charge in [0.1, 0.15) is 12.5 Å². The van der Waals surface area contributed by atoms with E-state index in [9.17, 15) is 5.11 Å². The van der Waals surface area contributed by atoms with E-state index in [0.29, 0.717) is 5.56 Å². The summed E-state index contributed by atoms with van der Waals surface area (Å²) in [5, 5.41) is 18.5. The predicted octanol–water partition coefficient (Wildman–Crippen LogP) is 3.60. The number of carbonyl (C=O) groups is 1. The van der Waals surface area contributed by atoms with Gasteiger partial charge >= 0.3 is 0 Å². The highest BCUT2D eigenvalue weighted by Gasteiger charge is 2.01. The third kappa shape index (κ3) is 7.62. The van der Waals surface area contributed by atoms with Crippen molar-refractivity contribution in [2.45, 2.75) is 58.5 Å². The van der Waals surface area contributed by atoms with E-state index >= 15 is 0 Å². The van der Waals surface area contributed by atoms with Gasteiger partial charge in [-0.15, -0.1) is 0 Å². The van der Waals surface area contributed by atoms with Crippen molar-refractivity contribution in [1.82, 2.24) is 0 Å². The number of rotatable bonds is 8. The molecule has 19 heavy (non-hydrogen) atoms. The van der Waals surface area contributed by atoms with E-state index in [1.165, 1.54) is 44.1 Å². The van der Waals surface area contributed by atoms with Crippen molar-refractivity contribution in [1.29, 1.82) is 0 Å². The number of hydrogen-bond donors (Lipinski definition) is 2. The van der Waals surface area contributed by atoms with Crippen LogP contribution in [0.25, 0.3) is 0 Å². The summed E-state index contributed by atoms with van der Waals surface area (Å²) in [6.07, 6.45) is 8.80. The fourth-order valence-corrected chi connectivity index (χ4v) is 2.03. The van der Waals surface area contributed by atoms with Crippen LogP contribution >= 0.6 is 0 Å². The van der Waals surface area contributed by atoms with Crippen LogP contribution in [0.3, 0.4) is 0 Å². The molecule has 0 aliphatic heterocycles. The molecule has 0 fully saturated rings. The zero-order chi connectivity index (χ0) is 14.5. The Balaban J connectivity index is 0.00000154. The standard InChI is InChI=1S/C15H24O2.CH2O/c1-2-3-4-5-6-7-8-13-9-10-15(17)14(11-13)12-16;1-2/h9-11,16-17H,2-8,12H2,1H3;1H2. The van der Waals surface area contributed by atoms with Crippen LogP contribution in [-0.4, -0.2) is 17.0 Å². The molecule has 0 unspecified atom stereocenters.